The SMILES string of the molecule is Cc1ccsc1-c1ccc(-c2ccc(-c3sc(-c4cc(C)c(-c5ccc(-c6ccc(-c7sccc7C)s6)s5)s4)cc3C)s2)s1. The van der Waals surface area contributed by atoms with Crippen LogP contribution in [-0.2, 0) is 0 Å². The second-order valence-electron chi connectivity index (χ2n) is 10.8. The zero-order chi connectivity index (χ0) is 29.9. The molecule has 0 fully saturated rings. The Labute approximate surface area is 289 Å². The lowest BCUT2D eigenvalue weighted by Crippen LogP contribution is -1.67. The fourth-order valence-corrected chi connectivity index (χ4v) is 14.5. The first-order valence-electron chi connectivity index (χ1n) is 14.1. The van der Waals surface area contributed by atoms with E-state index in [0.717, 1.165) is 0 Å². The number of aryl methyl sites for hydroxylation is 4. The van der Waals surface area contributed by atoms with Gasteiger partial charge in [0.05, 0.1) is 0 Å². The van der Waals surface area contributed by atoms with Crippen molar-refractivity contribution in [2.24, 2.45) is 0 Å². The van der Waals surface area contributed by atoms with Crippen LogP contribution < -0.4 is 0 Å². The van der Waals surface area contributed by atoms with E-state index in [2.05, 4.69) is 111 Å². The van der Waals surface area contributed by atoms with Gasteiger partial charge in [-0.2, -0.15) is 0 Å². The van der Waals surface area contributed by atoms with Crippen LogP contribution in [0.4, 0.5) is 0 Å². The molecule has 0 aliphatic heterocycles. The van der Waals surface area contributed by atoms with Crippen LogP contribution in [0.25, 0.3) is 68.3 Å². The first-order valence-corrected chi connectivity index (χ1v) is 20.8. The van der Waals surface area contributed by atoms with Crippen LogP contribution in [0.15, 0.2) is 83.6 Å². The first-order chi connectivity index (χ1) is 21.4. The molecule has 0 bridgehead atoms. The highest BCUT2D eigenvalue weighted by atomic mass is 32.1. The maximum atomic E-state index is 2.39. The highest BCUT2D eigenvalue weighted by Crippen LogP contribution is 2.49. The molecule has 0 radical (unpaired) electrons. The number of hydrogen-bond donors (Lipinski definition) is 0. The van der Waals surface area contributed by atoms with Gasteiger partial charge in [0, 0.05) is 68.3 Å². The molecule has 8 heteroatoms. The van der Waals surface area contributed by atoms with Crippen LogP contribution in [0, 0.1) is 27.7 Å². The van der Waals surface area contributed by atoms with E-state index in [-0.39, 0.29) is 0 Å². The molecule has 8 aromatic heterocycles. The minimum Gasteiger partial charge on any atom is -0.143 e. The lowest BCUT2D eigenvalue weighted by Gasteiger charge is -1.95. The van der Waals surface area contributed by atoms with E-state index < -0.39 is 0 Å². The Morgan fingerprint density at radius 1 is 0.295 bits per heavy atom. The Balaban J connectivity index is 1.04. The average Bonchev–Trinajstić information content (AvgIpc) is 3.83. The van der Waals surface area contributed by atoms with E-state index in [1.165, 1.54) is 90.5 Å². The molecule has 0 unspecified atom stereocenters. The third-order valence-corrected chi connectivity index (χ3v) is 17.8. The zero-order valence-electron chi connectivity index (χ0n) is 24.3. The van der Waals surface area contributed by atoms with E-state index in [1.54, 1.807) is 0 Å². The molecule has 0 amide bonds. The van der Waals surface area contributed by atoms with Crippen molar-refractivity contribution in [3.8, 4) is 68.3 Å². The fourth-order valence-electron chi connectivity index (χ4n) is 5.32. The second-order valence-corrected chi connectivity index (χ2v) is 19.0. The van der Waals surface area contributed by atoms with E-state index in [9.17, 15) is 0 Å². The van der Waals surface area contributed by atoms with Gasteiger partial charge in [-0.15, -0.1) is 90.7 Å². The molecule has 0 aliphatic rings. The van der Waals surface area contributed by atoms with E-state index in [0.29, 0.717) is 0 Å². The van der Waals surface area contributed by atoms with Gasteiger partial charge in [0.1, 0.15) is 0 Å². The van der Waals surface area contributed by atoms with Crippen molar-refractivity contribution in [2.75, 3.05) is 0 Å². The predicted molar refractivity (Wildman–Crippen MR) is 206 cm³/mol. The van der Waals surface area contributed by atoms with Gasteiger partial charge in [-0.25, -0.2) is 0 Å². The molecule has 0 aliphatic carbocycles. The minimum absolute atomic E-state index is 1.35. The van der Waals surface area contributed by atoms with Crippen molar-refractivity contribution in [1.29, 1.82) is 0 Å². The highest BCUT2D eigenvalue weighted by Gasteiger charge is 2.18. The van der Waals surface area contributed by atoms with Crippen molar-refractivity contribution in [1.82, 2.24) is 0 Å². The van der Waals surface area contributed by atoms with Crippen molar-refractivity contribution in [3.05, 3.63) is 106 Å². The molecule has 8 rings (SSSR count). The van der Waals surface area contributed by atoms with Gasteiger partial charge in [0.15, 0.2) is 0 Å². The van der Waals surface area contributed by atoms with Gasteiger partial charge in [0.2, 0.25) is 0 Å². The Morgan fingerprint density at radius 2 is 0.614 bits per heavy atom. The molecule has 0 atom stereocenters. The summed E-state index contributed by atoms with van der Waals surface area (Å²) in [6.07, 6.45) is 0. The second kappa shape index (κ2) is 11.8. The third kappa shape index (κ3) is 5.29. The monoisotopic (exact) mass is 714 g/mol. The van der Waals surface area contributed by atoms with E-state index in [4.69, 9.17) is 0 Å². The molecule has 0 N–H and O–H groups in total. The summed E-state index contributed by atoms with van der Waals surface area (Å²) in [5.41, 5.74) is 5.45. The first kappa shape index (κ1) is 29.0. The summed E-state index contributed by atoms with van der Waals surface area (Å²) < 4.78 is 0. The molecule has 8 aromatic rings. The normalized spacial score (nSPS) is 11.6. The molecule has 0 saturated carbocycles. The van der Waals surface area contributed by atoms with Crippen LogP contribution in [0.1, 0.15) is 22.3 Å². The van der Waals surface area contributed by atoms with Crippen molar-refractivity contribution >= 4 is 90.7 Å². The summed E-state index contributed by atoms with van der Waals surface area (Å²) in [7, 11) is 0. The van der Waals surface area contributed by atoms with E-state index >= 15 is 0 Å². The van der Waals surface area contributed by atoms with Gasteiger partial charge in [-0.3, -0.25) is 0 Å². The molecule has 0 aromatic carbocycles. The maximum Gasteiger partial charge on any atom is 0.0478 e. The third-order valence-electron chi connectivity index (χ3n) is 7.61. The van der Waals surface area contributed by atoms with Gasteiger partial charge < -0.3 is 0 Å². The van der Waals surface area contributed by atoms with Crippen LogP contribution in [0.3, 0.4) is 0 Å². The fraction of sp³-hybridized carbons (Fsp3) is 0.111. The molecule has 218 valence electrons. The highest BCUT2D eigenvalue weighted by molar-refractivity contribution is 7.31. The molecule has 0 spiro atoms. The Morgan fingerprint density at radius 3 is 0.932 bits per heavy atom. The van der Waals surface area contributed by atoms with Gasteiger partial charge in [-0.05, 0) is 134 Å². The average molecular weight is 715 g/mol. The van der Waals surface area contributed by atoms with Crippen molar-refractivity contribution in [2.45, 2.75) is 27.7 Å². The Hall–Kier alpha value is -2.40. The summed E-state index contributed by atoms with van der Waals surface area (Å²) >= 11 is 15.2. The van der Waals surface area contributed by atoms with Crippen LogP contribution in [0.2, 0.25) is 0 Å². The van der Waals surface area contributed by atoms with Gasteiger partial charge in [-0.1, -0.05) is 0 Å². The topological polar surface area (TPSA) is 0 Å². The molecule has 0 nitrogen and oxygen atoms in total. The summed E-state index contributed by atoms with van der Waals surface area (Å²) in [5, 5.41) is 4.38. The smallest absolute Gasteiger partial charge is 0.0478 e. The predicted octanol–water partition coefficient (Wildman–Crippen LogP) is 15.1. The van der Waals surface area contributed by atoms with Gasteiger partial charge >= 0.3 is 0 Å². The summed E-state index contributed by atoms with van der Waals surface area (Å²) in [5.74, 6) is 0. The van der Waals surface area contributed by atoms with E-state index in [1.807, 2.05) is 90.7 Å². The Kier molecular flexibility index (Phi) is 7.75. The number of hydrogen-bond acceptors (Lipinski definition) is 8. The number of thiophene rings is 8. The molecule has 44 heavy (non-hydrogen) atoms. The maximum absolute atomic E-state index is 2.39. The van der Waals surface area contributed by atoms with Crippen molar-refractivity contribution in [3.63, 3.8) is 0 Å². The van der Waals surface area contributed by atoms with Crippen LogP contribution in [-0.4, -0.2) is 0 Å². The quantitative estimate of drug-likeness (QED) is 0.154. The molecule has 8 heterocycles. The zero-order valence-corrected chi connectivity index (χ0v) is 30.9. The number of rotatable bonds is 7. The summed E-state index contributed by atoms with van der Waals surface area (Å²) in [4.78, 5) is 19.2. The lowest BCUT2D eigenvalue weighted by atomic mass is 10.2. The largest absolute Gasteiger partial charge is 0.143 e. The molecular formula is C36H26S8. The Bertz CT molecular complexity index is 2080. The summed E-state index contributed by atoms with van der Waals surface area (Å²) in [6, 6.07) is 27.6. The molecular weight excluding hydrogens is 689 g/mol. The lowest BCUT2D eigenvalue weighted by molar-refractivity contribution is 1.54. The van der Waals surface area contributed by atoms with Crippen molar-refractivity contribution < 1.29 is 0 Å². The van der Waals surface area contributed by atoms with Crippen LogP contribution >= 0.6 is 90.7 Å². The minimum atomic E-state index is 1.35. The van der Waals surface area contributed by atoms with Gasteiger partial charge in [0.25, 0.3) is 0 Å². The molecule has 0 saturated heterocycles. The van der Waals surface area contributed by atoms with Crippen LogP contribution in [0.5, 0.6) is 0 Å². The summed E-state index contributed by atoms with van der Waals surface area (Å²) in [6.45, 7) is 8.93. The standard InChI is InChI=1S/C36H26S8/c1-19-13-15-37-33(19)27-9-5-23(39-27)25-7-11-29(41-25)35-21(3)17-31(43-35)32-18-22(4)36(44-32)30-12-8-26(42-30)24-6-10-28(40-24)34-20(2)14-16-38-34/h5-18H,1-4H3.